The predicted molar refractivity (Wildman–Crippen MR) is 91.4 cm³/mol. The summed E-state index contributed by atoms with van der Waals surface area (Å²) in [7, 11) is 0. The van der Waals surface area contributed by atoms with Gasteiger partial charge in [-0.05, 0) is 50.7 Å². The zero-order valence-corrected chi connectivity index (χ0v) is 14.2. The maximum Gasteiger partial charge on any atom is 0.126 e. The van der Waals surface area contributed by atoms with Crippen molar-refractivity contribution in [2.24, 2.45) is 0 Å². The van der Waals surface area contributed by atoms with Gasteiger partial charge in [-0.3, -0.25) is 0 Å². The van der Waals surface area contributed by atoms with E-state index in [9.17, 15) is 4.39 Å². The van der Waals surface area contributed by atoms with E-state index in [0.29, 0.717) is 18.0 Å². The number of hydrogen-bond acceptors (Lipinski definition) is 3. The van der Waals surface area contributed by atoms with E-state index in [2.05, 4.69) is 33.0 Å². The number of aromatic nitrogens is 3. The van der Waals surface area contributed by atoms with E-state index in [4.69, 9.17) is 0 Å². The van der Waals surface area contributed by atoms with Crippen LogP contribution in [0.1, 0.15) is 55.8 Å². The molecule has 24 heavy (non-hydrogen) atoms. The first kappa shape index (κ1) is 15.8. The fourth-order valence-corrected chi connectivity index (χ4v) is 3.74. The Kier molecular flexibility index (Phi) is 4.35. The van der Waals surface area contributed by atoms with Crippen LogP contribution < -0.4 is 0 Å². The molecule has 1 aromatic carbocycles. The van der Waals surface area contributed by atoms with Crippen LogP contribution in [0.5, 0.6) is 0 Å². The van der Waals surface area contributed by atoms with Gasteiger partial charge in [-0.1, -0.05) is 23.4 Å². The van der Waals surface area contributed by atoms with Gasteiger partial charge in [-0.25, -0.2) is 9.07 Å². The summed E-state index contributed by atoms with van der Waals surface area (Å²) in [6.45, 7) is 4.28. The molecule has 0 bridgehead atoms. The fraction of sp³-hybridized carbons (Fsp3) is 0.579. The topological polar surface area (TPSA) is 34.0 Å². The van der Waals surface area contributed by atoms with Crippen molar-refractivity contribution < 1.29 is 4.39 Å². The first-order valence-corrected chi connectivity index (χ1v) is 9.10. The molecule has 0 unspecified atom stereocenters. The average molecular weight is 328 g/mol. The molecule has 1 atom stereocenters. The summed E-state index contributed by atoms with van der Waals surface area (Å²) in [5, 5.41) is 8.68. The maximum absolute atomic E-state index is 13.8. The predicted octanol–water partition coefficient (Wildman–Crippen LogP) is 3.56. The molecule has 0 radical (unpaired) electrons. The molecule has 4 rings (SSSR count). The van der Waals surface area contributed by atoms with E-state index < -0.39 is 0 Å². The van der Waals surface area contributed by atoms with E-state index in [1.54, 1.807) is 12.1 Å². The number of benzene rings is 1. The third kappa shape index (κ3) is 3.36. The summed E-state index contributed by atoms with van der Waals surface area (Å²) in [5.74, 6) is 0.578. The van der Waals surface area contributed by atoms with Crippen LogP contribution in [0.25, 0.3) is 0 Å². The standard InChI is InChI=1S/C19H25FN4/c1-14(12-16-4-2-3-5-18(16)20)23-10-8-17(9-11-23)24-13-19(21-22-24)15-6-7-15/h2-5,13-15,17H,6-12H2,1H3/t14-/m0/s1. The molecule has 2 aromatic rings. The van der Waals surface area contributed by atoms with Crippen LogP contribution in [0.3, 0.4) is 0 Å². The second-order valence-corrected chi connectivity index (χ2v) is 7.31. The molecule has 2 fully saturated rings. The molecule has 2 aliphatic rings. The van der Waals surface area contributed by atoms with Gasteiger partial charge < -0.3 is 4.90 Å². The third-order valence-corrected chi connectivity index (χ3v) is 5.49. The highest BCUT2D eigenvalue weighted by atomic mass is 19.1. The minimum Gasteiger partial charge on any atom is -0.300 e. The van der Waals surface area contributed by atoms with E-state index in [1.165, 1.54) is 18.5 Å². The number of rotatable bonds is 5. The van der Waals surface area contributed by atoms with Crippen LogP contribution in [0, 0.1) is 5.82 Å². The lowest BCUT2D eigenvalue weighted by molar-refractivity contribution is 0.137. The average Bonchev–Trinajstić information content (AvgIpc) is 3.34. The van der Waals surface area contributed by atoms with Crippen molar-refractivity contribution in [1.82, 2.24) is 19.9 Å². The van der Waals surface area contributed by atoms with E-state index in [1.807, 2.05) is 12.1 Å². The quantitative estimate of drug-likeness (QED) is 0.841. The van der Waals surface area contributed by atoms with Crippen LogP contribution in [0.2, 0.25) is 0 Å². The lowest BCUT2D eigenvalue weighted by Gasteiger charge is -2.36. The lowest BCUT2D eigenvalue weighted by atomic mass is 10.00. The molecule has 0 amide bonds. The van der Waals surface area contributed by atoms with Crippen molar-refractivity contribution in [2.45, 2.75) is 57.0 Å². The summed E-state index contributed by atoms with van der Waals surface area (Å²) in [6, 6.07) is 7.94. The monoisotopic (exact) mass is 328 g/mol. The SMILES string of the molecule is C[C@@H](Cc1ccccc1F)N1CCC(n2cc(C3CC3)nn2)CC1. The van der Waals surface area contributed by atoms with Crippen molar-refractivity contribution >= 4 is 0 Å². The molecule has 1 aromatic heterocycles. The molecule has 2 heterocycles. The number of piperidine rings is 1. The zero-order chi connectivity index (χ0) is 16.5. The number of likely N-dealkylation sites (tertiary alicyclic amines) is 1. The molecule has 4 nitrogen and oxygen atoms in total. The van der Waals surface area contributed by atoms with Gasteiger partial charge in [0.25, 0.3) is 0 Å². The van der Waals surface area contributed by atoms with Gasteiger partial charge in [0, 0.05) is 31.2 Å². The Hall–Kier alpha value is -1.75. The van der Waals surface area contributed by atoms with Gasteiger partial charge >= 0.3 is 0 Å². The minimum atomic E-state index is -0.0885. The van der Waals surface area contributed by atoms with Crippen molar-refractivity contribution in [2.75, 3.05) is 13.1 Å². The summed E-state index contributed by atoms with van der Waals surface area (Å²) >= 11 is 0. The number of hydrogen-bond donors (Lipinski definition) is 0. The largest absolute Gasteiger partial charge is 0.300 e. The first-order valence-electron chi connectivity index (χ1n) is 9.10. The summed E-state index contributed by atoms with van der Waals surface area (Å²) in [6.07, 6.45) is 7.65. The highest BCUT2D eigenvalue weighted by Gasteiger charge is 2.29. The van der Waals surface area contributed by atoms with Gasteiger partial charge in [-0.2, -0.15) is 0 Å². The molecule has 1 aliphatic heterocycles. The van der Waals surface area contributed by atoms with E-state index in [-0.39, 0.29) is 5.82 Å². The van der Waals surface area contributed by atoms with Gasteiger partial charge in [0.1, 0.15) is 5.82 Å². The fourth-order valence-electron chi connectivity index (χ4n) is 3.74. The molecule has 0 spiro atoms. The normalized spacial score (nSPS) is 21.1. The second kappa shape index (κ2) is 6.63. The summed E-state index contributed by atoms with van der Waals surface area (Å²) < 4.78 is 15.9. The lowest BCUT2D eigenvalue weighted by Crippen LogP contribution is -2.41. The summed E-state index contributed by atoms with van der Waals surface area (Å²) in [4.78, 5) is 2.47. The van der Waals surface area contributed by atoms with Gasteiger partial charge in [0.05, 0.1) is 11.7 Å². The van der Waals surface area contributed by atoms with Crippen molar-refractivity contribution in [3.63, 3.8) is 0 Å². The Labute approximate surface area is 142 Å². The van der Waals surface area contributed by atoms with E-state index in [0.717, 1.165) is 37.9 Å². The third-order valence-electron chi connectivity index (χ3n) is 5.49. The molecule has 1 saturated carbocycles. The van der Waals surface area contributed by atoms with E-state index >= 15 is 0 Å². The summed E-state index contributed by atoms with van der Waals surface area (Å²) in [5.41, 5.74) is 1.99. The molecule has 128 valence electrons. The highest BCUT2D eigenvalue weighted by Crippen LogP contribution is 2.39. The Balaban J connectivity index is 1.32. The Morgan fingerprint density at radius 1 is 1.17 bits per heavy atom. The van der Waals surface area contributed by atoms with Crippen LogP contribution in [-0.2, 0) is 6.42 Å². The Morgan fingerprint density at radius 2 is 1.92 bits per heavy atom. The maximum atomic E-state index is 13.8. The van der Waals surface area contributed by atoms with Gasteiger partial charge in [0.15, 0.2) is 0 Å². The van der Waals surface area contributed by atoms with Crippen LogP contribution in [0.15, 0.2) is 30.5 Å². The highest BCUT2D eigenvalue weighted by molar-refractivity contribution is 5.18. The zero-order valence-electron chi connectivity index (χ0n) is 14.2. The number of nitrogens with zero attached hydrogens (tertiary/aromatic N) is 4. The van der Waals surface area contributed by atoms with Gasteiger partial charge in [-0.15, -0.1) is 5.10 Å². The van der Waals surface area contributed by atoms with Crippen LogP contribution in [-0.4, -0.2) is 39.0 Å². The van der Waals surface area contributed by atoms with Crippen molar-refractivity contribution in [1.29, 1.82) is 0 Å². The smallest absolute Gasteiger partial charge is 0.126 e. The molecular weight excluding hydrogens is 303 g/mol. The van der Waals surface area contributed by atoms with Crippen molar-refractivity contribution in [3.8, 4) is 0 Å². The number of halogens is 1. The first-order chi connectivity index (χ1) is 11.7. The van der Waals surface area contributed by atoms with Crippen LogP contribution in [0.4, 0.5) is 4.39 Å². The molecule has 5 heteroatoms. The Bertz CT molecular complexity index is 686. The van der Waals surface area contributed by atoms with Crippen LogP contribution >= 0.6 is 0 Å². The Morgan fingerprint density at radius 3 is 2.62 bits per heavy atom. The van der Waals surface area contributed by atoms with Crippen molar-refractivity contribution in [3.05, 3.63) is 47.5 Å². The molecule has 0 N–H and O–H groups in total. The molecular formula is C19H25FN4. The minimum absolute atomic E-state index is 0.0885. The molecule has 1 saturated heterocycles. The second-order valence-electron chi connectivity index (χ2n) is 7.31. The van der Waals surface area contributed by atoms with Gasteiger partial charge in [0.2, 0.25) is 0 Å². The molecule has 1 aliphatic carbocycles.